The number of halogens is 1. The summed E-state index contributed by atoms with van der Waals surface area (Å²) in [6.07, 6.45) is 4.23. The fourth-order valence-corrected chi connectivity index (χ4v) is 3.01. The van der Waals surface area contributed by atoms with Gasteiger partial charge in [-0.15, -0.1) is 0 Å². The SMILES string of the molecule is CNCc1cc(Cl)c(OC2CCCCCC2O)c(OC)c1. The third-order valence-electron chi connectivity index (χ3n) is 3.86. The first-order valence-corrected chi connectivity index (χ1v) is 7.89. The van der Waals surface area contributed by atoms with E-state index < -0.39 is 6.10 Å². The first-order valence-electron chi connectivity index (χ1n) is 7.51. The molecule has 1 fully saturated rings. The molecule has 0 bridgehead atoms. The molecule has 1 aliphatic rings. The molecule has 1 saturated carbocycles. The number of rotatable bonds is 5. The van der Waals surface area contributed by atoms with Crippen LogP contribution in [0.2, 0.25) is 5.02 Å². The van der Waals surface area contributed by atoms with E-state index in [1.807, 2.05) is 19.2 Å². The van der Waals surface area contributed by atoms with Gasteiger partial charge in [0.15, 0.2) is 11.5 Å². The highest BCUT2D eigenvalue weighted by atomic mass is 35.5. The number of hydrogen-bond acceptors (Lipinski definition) is 4. The molecule has 0 aromatic heterocycles. The van der Waals surface area contributed by atoms with Gasteiger partial charge in [-0.2, -0.15) is 0 Å². The number of aliphatic hydroxyl groups excluding tert-OH is 1. The van der Waals surface area contributed by atoms with Crippen LogP contribution in [0.4, 0.5) is 0 Å². The highest BCUT2D eigenvalue weighted by Gasteiger charge is 2.25. The third-order valence-corrected chi connectivity index (χ3v) is 4.14. The van der Waals surface area contributed by atoms with E-state index in [1.54, 1.807) is 7.11 Å². The van der Waals surface area contributed by atoms with Gasteiger partial charge in [0.1, 0.15) is 6.10 Å². The summed E-state index contributed by atoms with van der Waals surface area (Å²) in [4.78, 5) is 0. The van der Waals surface area contributed by atoms with E-state index in [2.05, 4.69) is 5.32 Å². The van der Waals surface area contributed by atoms with Crippen LogP contribution in [-0.2, 0) is 6.54 Å². The normalized spacial score (nSPS) is 22.7. The maximum atomic E-state index is 10.2. The number of ether oxygens (including phenoxy) is 2. The predicted octanol–water partition coefficient (Wildman–Crippen LogP) is 3.14. The number of methoxy groups -OCH3 is 1. The first kappa shape index (κ1) is 16.4. The van der Waals surface area contributed by atoms with Gasteiger partial charge in [-0.05, 0) is 44.0 Å². The molecule has 4 nitrogen and oxygen atoms in total. The van der Waals surface area contributed by atoms with Crippen LogP contribution in [0.1, 0.15) is 37.7 Å². The van der Waals surface area contributed by atoms with E-state index in [0.717, 1.165) is 37.7 Å². The lowest BCUT2D eigenvalue weighted by atomic mass is 10.1. The average molecular weight is 314 g/mol. The van der Waals surface area contributed by atoms with Crippen LogP contribution in [0.3, 0.4) is 0 Å². The summed E-state index contributed by atoms with van der Waals surface area (Å²) in [5.41, 5.74) is 1.04. The van der Waals surface area contributed by atoms with E-state index in [4.69, 9.17) is 21.1 Å². The van der Waals surface area contributed by atoms with Crippen molar-refractivity contribution in [1.29, 1.82) is 0 Å². The molecule has 118 valence electrons. The minimum absolute atomic E-state index is 0.214. The Morgan fingerprint density at radius 1 is 1.29 bits per heavy atom. The van der Waals surface area contributed by atoms with Gasteiger partial charge in [0.2, 0.25) is 0 Å². The summed E-state index contributed by atoms with van der Waals surface area (Å²) in [6, 6.07) is 3.79. The molecule has 2 N–H and O–H groups in total. The lowest BCUT2D eigenvalue weighted by molar-refractivity contribution is 0.0306. The predicted molar refractivity (Wildman–Crippen MR) is 84.3 cm³/mol. The lowest BCUT2D eigenvalue weighted by Crippen LogP contribution is -2.30. The van der Waals surface area contributed by atoms with Crippen molar-refractivity contribution in [3.8, 4) is 11.5 Å². The van der Waals surface area contributed by atoms with Crippen LogP contribution >= 0.6 is 11.6 Å². The zero-order valence-electron chi connectivity index (χ0n) is 12.7. The molecule has 0 spiro atoms. The molecule has 0 aliphatic heterocycles. The number of nitrogens with one attached hydrogen (secondary N) is 1. The van der Waals surface area contributed by atoms with Gasteiger partial charge in [-0.3, -0.25) is 0 Å². The van der Waals surface area contributed by atoms with Crippen molar-refractivity contribution in [2.45, 2.75) is 50.9 Å². The second-order valence-corrected chi connectivity index (χ2v) is 5.91. The topological polar surface area (TPSA) is 50.7 Å². The number of benzene rings is 1. The Bertz CT molecular complexity index is 467. The zero-order valence-corrected chi connectivity index (χ0v) is 13.4. The standard InChI is InChI=1S/C16H24ClNO3/c1-18-10-11-8-12(17)16(15(9-11)20-2)21-14-7-5-3-4-6-13(14)19/h8-9,13-14,18-19H,3-7,10H2,1-2H3. The van der Waals surface area contributed by atoms with Crippen LogP contribution < -0.4 is 14.8 Å². The minimum Gasteiger partial charge on any atom is -0.493 e. The van der Waals surface area contributed by atoms with Crippen molar-refractivity contribution in [1.82, 2.24) is 5.32 Å². The summed E-state index contributed by atoms with van der Waals surface area (Å²) in [5, 5.41) is 13.8. The summed E-state index contributed by atoms with van der Waals surface area (Å²) in [6.45, 7) is 0.711. The molecule has 0 saturated heterocycles. The molecule has 0 heterocycles. The third kappa shape index (κ3) is 4.25. The van der Waals surface area contributed by atoms with E-state index >= 15 is 0 Å². The van der Waals surface area contributed by atoms with E-state index in [0.29, 0.717) is 23.1 Å². The first-order chi connectivity index (χ1) is 10.2. The number of aliphatic hydroxyl groups is 1. The van der Waals surface area contributed by atoms with Crippen molar-refractivity contribution >= 4 is 11.6 Å². The molecule has 5 heteroatoms. The van der Waals surface area contributed by atoms with Crippen molar-refractivity contribution in [2.24, 2.45) is 0 Å². The van der Waals surface area contributed by atoms with Gasteiger partial charge in [0, 0.05) is 6.54 Å². The number of hydrogen-bond donors (Lipinski definition) is 2. The van der Waals surface area contributed by atoms with Crippen LogP contribution in [0, 0.1) is 0 Å². The molecule has 2 atom stereocenters. The van der Waals surface area contributed by atoms with E-state index in [9.17, 15) is 5.11 Å². The largest absolute Gasteiger partial charge is 0.493 e. The van der Waals surface area contributed by atoms with Gasteiger partial charge >= 0.3 is 0 Å². The molecule has 1 aliphatic carbocycles. The van der Waals surface area contributed by atoms with Crippen LogP contribution in [0.25, 0.3) is 0 Å². The van der Waals surface area contributed by atoms with Crippen molar-refractivity contribution in [2.75, 3.05) is 14.2 Å². The monoisotopic (exact) mass is 313 g/mol. The van der Waals surface area contributed by atoms with Crippen LogP contribution in [0.15, 0.2) is 12.1 Å². The second kappa shape index (κ2) is 7.87. The van der Waals surface area contributed by atoms with Gasteiger partial charge < -0.3 is 19.9 Å². The molecule has 2 rings (SSSR count). The van der Waals surface area contributed by atoms with Crippen molar-refractivity contribution < 1.29 is 14.6 Å². The molecule has 1 aromatic rings. The Hall–Kier alpha value is -0.970. The Labute approximate surface area is 131 Å². The molecule has 21 heavy (non-hydrogen) atoms. The van der Waals surface area contributed by atoms with Crippen LogP contribution in [0.5, 0.6) is 11.5 Å². The van der Waals surface area contributed by atoms with Crippen molar-refractivity contribution in [3.63, 3.8) is 0 Å². The quantitative estimate of drug-likeness (QED) is 0.820. The highest BCUT2D eigenvalue weighted by molar-refractivity contribution is 6.32. The lowest BCUT2D eigenvalue weighted by Gasteiger charge is -2.24. The average Bonchev–Trinajstić information content (AvgIpc) is 2.66. The Kier molecular flexibility index (Phi) is 6.15. The van der Waals surface area contributed by atoms with Crippen molar-refractivity contribution in [3.05, 3.63) is 22.7 Å². The maximum Gasteiger partial charge on any atom is 0.180 e. The summed E-state index contributed by atoms with van der Waals surface area (Å²) >= 11 is 6.34. The molecule has 2 unspecified atom stereocenters. The van der Waals surface area contributed by atoms with Gasteiger partial charge in [0.05, 0.1) is 18.2 Å². The molecule has 1 aromatic carbocycles. The zero-order chi connectivity index (χ0) is 15.2. The Balaban J connectivity index is 2.21. The molecular weight excluding hydrogens is 290 g/mol. The Morgan fingerprint density at radius 2 is 2.05 bits per heavy atom. The summed E-state index contributed by atoms with van der Waals surface area (Å²) in [7, 11) is 3.48. The summed E-state index contributed by atoms with van der Waals surface area (Å²) in [5.74, 6) is 1.15. The summed E-state index contributed by atoms with van der Waals surface area (Å²) < 4.78 is 11.4. The smallest absolute Gasteiger partial charge is 0.180 e. The van der Waals surface area contributed by atoms with Gasteiger partial charge in [-0.25, -0.2) is 0 Å². The van der Waals surface area contributed by atoms with E-state index in [1.165, 1.54) is 0 Å². The molecule has 0 amide bonds. The van der Waals surface area contributed by atoms with Crippen LogP contribution in [-0.4, -0.2) is 31.5 Å². The molecular formula is C16H24ClNO3. The molecule has 0 radical (unpaired) electrons. The highest BCUT2D eigenvalue weighted by Crippen LogP contribution is 2.38. The Morgan fingerprint density at radius 3 is 2.76 bits per heavy atom. The van der Waals surface area contributed by atoms with E-state index in [-0.39, 0.29) is 6.10 Å². The maximum absolute atomic E-state index is 10.2. The fourth-order valence-electron chi connectivity index (χ4n) is 2.74. The van der Waals surface area contributed by atoms with Gasteiger partial charge in [-0.1, -0.05) is 24.4 Å². The second-order valence-electron chi connectivity index (χ2n) is 5.50. The fraction of sp³-hybridized carbons (Fsp3) is 0.625. The van der Waals surface area contributed by atoms with Gasteiger partial charge in [0.25, 0.3) is 0 Å². The minimum atomic E-state index is -0.440.